The maximum Gasteiger partial charge on any atom is 0.226 e. The minimum absolute atomic E-state index is 0.171. The summed E-state index contributed by atoms with van der Waals surface area (Å²) in [6.45, 7) is 0. The summed E-state index contributed by atoms with van der Waals surface area (Å²) in [7, 11) is 0. The van der Waals surface area contributed by atoms with Gasteiger partial charge in [0.1, 0.15) is 0 Å². The van der Waals surface area contributed by atoms with E-state index in [-0.39, 0.29) is 5.28 Å². The Kier molecular flexibility index (Phi) is 5.46. The predicted molar refractivity (Wildman–Crippen MR) is 155 cm³/mol. The lowest BCUT2D eigenvalue weighted by Gasteiger charge is -2.09. The summed E-state index contributed by atoms with van der Waals surface area (Å²) in [5.41, 5.74) is 7.46. The molecule has 0 amide bonds. The molecule has 180 valence electrons. The summed E-state index contributed by atoms with van der Waals surface area (Å²) in [5.74, 6) is 1.09. The fourth-order valence-electron chi connectivity index (χ4n) is 5.02. The maximum atomic E-state index is 6.37. The van der Waals surface area contributed by atoms with Gasteiger partial charge in [0.15, 0.2) is 11.6 Å². The molecule has 0 saturated heterocycles. The first-order valence-corrected chi connectivity index (χ1v) is 12.8. The van der Waals surface area contributed by atoms with Crippen molar-refractivity contribution in [3.63, 3.8) is 0 Å². The fourth-order valence-corrected chi connectivity index (χ4v) is 5.18. The molecular formula is C33H21ClN4. The molecule has 4 nitrogen and oxygen atoms in total. The van der Waals surface area contributed by atoms with Gasteiger partial charge in [-0.15, -0.1) is 0 Å². The number of hydrogen-bond donors (Lipinski definition) is 0. The molecule has 2 heterocycles. The molecule has 0 radical (unpaired) electrons. The highest BCUT2D eigenvalue weighted by molar-refractivity contribution is 6.28. The van der Waals surface area contributed by atoms with Gasteiger partial charge in [0.05, 0.1) is 11.0 Å². The second-order valence-corrected chi connectivity index (χ2v) is 9.46. The molecule has 0 unspecified atom stereocenters. The minimum atomic E-state index is 0.171. The van der Waals surface area contributed by atoms with Crippen molar-refractivity contribution in [2.45, 2.75) is 0 Å². The van der Waals surface area contributed by atoms with Crippen LogP contribution in [0.3, 0.4) is 0 Å². The fraction of sp³-hybridized carbons (Fsp3) is 0. The first-order chi connectivity index (χ1) is 18.7. The van der Waals surface area contributed by atoms with Gasteiger partial charge < -0.3 is 4.57 Å². The van der Waals surface area contributed by atoms with Gasteiger partial charge in [-0.1, -0.05) is 97.1 Å². The summed E-state index contributed by atoms with van der Waals surface area (Å²) >= 11 is 6.37. The average molecular weight is 509 g/mol. The second kappa shape index (κ2) is 9.25. The number of halogens is 1. The molecule has 5 heteroatoms. The van der Waals surface area contributed by atoms with Gasteiger partial charge in [0.25, 0.3) is 0 Å². The highest BCUT2D eigenvalue weighted by atomic mass is 35.5. The third-order valence-corrected chi connectivity index (χ3v) is 6.96. The number of nitrogens with zero attached hydrogens (tertiary/aromatic N) is 4. The van der Waals surface area contributed by atoms with E-state index in [9.17, 15) is 0 Å². The lowest BCUT2D eigenvalue weighted by atomic mass is 10.0. The number of para-hydroxylation sites is 1. The SMILES string of the molecule is Clc1nc(-c2ccccc2)nc(-c2ccc3c4cc(-c5ccccc5)ccc4n(-c4ccccc4)c3c2)n1. The van der Waals surface area contributed by atoms with Crippen LogP contribution in [-0.2, 0) is 0 Å². The Labute approximate surface area is 224 Å². The lowest BCUT2D eigenvalue weighted by molar-refractivity contribution is 1.07. The van der Waals surface area contributed by atoms with Gasteiger partial charge in [-0.25, -0.2) is 4.98 Å². The highest BCUT2D eigenvalue weighted by Crippen LogP contribution is 2.36. The summed E-state index contributed by atoms with van der Waals surface area (Å²) in [6, 6.07) is 43.7. The molecule has 0 atom stereocenters. The topological polar surface area (TPSA) is 43.6 Å². The standard InChI is InChI=1S/C33H21ClN4/c34-33-36-31(23-12-6-2-7-13-23)35-32(37-33)25-16-18-27-28-20-24(22-10-4-1-5-11-22)17-19-29(28)38(30(27)21-25)26-14-8-3-9-15-26/h1-21H. The van der Waals surface area contributed by atoms with E-state index >= 15 is 0 Å². The predicted octanol–water partition coefficient (Wildman–Crippen LogP) is 8.62. The van der Waals surface area contributed by atoms with Crippen molar-refractivity contribution in [2.24, 2.45) is 0 Å². The molecule has 38 heavy (non-hydrogen) atoms. The van der Waals surface area contributed by atoms with Crippen molar-refractivity contribution in [3.05, 3.63) is 133 Å². The third-order valence-electron chi connectivity index (χ3n) is 6.79. The van der Waals surface area contributed by atoms with Crippen LogP contribution in [0.25, 0.3) is 61.4 Å². The number of hydrogen-bond acceptors (Lipinski definition) is 3. The van der Waals surface area contributed by atoms with Crippen molar-refractivity contribution in [1.82, 2.24) is 19.5 Å². The van der Waals surface area contributed by atoms with Crippen LogP contribution in [0.4, 0.5) is 0 Å². The molecule has 7 aromatic rings. The number of fused-ring (bicyclic) bond motifs is 3. The summed E-state index contributed by atoms with van der Waals surface area (Å²) < 4.78 is 2.30. The Balaban J connectivity index is 1.46. The first-order valence-electron chi connectivity index (χ1n) is 12.4. The summed E-state index contributed by atoms with van der Waals surface area (Å²) in [4.78, 5) is 13.6. The van der Waals surface area contributed by atoms with Crippen LogP contribution >= 0.6 is 11.6 Å². The largest absolute Gasteiger partial charge is 0.309 e. The average Bonchev–Trinajstić information content (AvgIpc) is 3.31. The molecule has 0 saturated carbocycles. The van der Waals surface area contributed by atoms with Crippen molar-refractivity contribution in [2.75, 3.05) is 0 Å². The number of rotatable bonds is 4. The quantitative estimate of drug-likeness (QED) is 0.239. The first kappa shape index (κ1) is 22.4. The minimum Gasteiger partial charge on any atom is -0.309 e. The van der Waals surface area contributed by atoms with E-state index in [1.54, 1.807) is 0 Å². The van der Waals surface area contributed by atoms with Crippen LogP contribution in [0.5, 0.6) is 0 Å². The number of aromatic nitrogens is 4. The molecule has 5 aromatic carbocycles. The van der Waals surface area contributed by atoms with E-state index < -0.39 is 0 Å². The number of benzene rings is 5. The van der Waals surface area contributed by atoms with Gasteiger partial charge >= 0.3 is 0 Å². The van der Waals surface area contributed by atoms with Crippen LogP contribution in [0.15, 0.2) is 127 Å². The summed E-state index contributed by atoms with van der Waals surface area (Å²) in [5, 5.41) is 2.52. The third kappa shape index (κ3) is 3.92. The maximum absolute atomic E-state index is 6.37. The molecule has 0 bridgehead atoms. The Hall–Kier alpha value is -4.80. The Morgan fingerprint density at radius 1 is 0.447 bits per heavy atom. The molecule has 2 aromatic heterocycles. The van der Waals surface area contributed by atoms with Gasteiger partial charge in [-0.05, 0) is 53.1 Å². The smallest absolute Gasteiger partial charge is 0.226 e. The van der Waals surface area contributed by atoms with Crippen LogP contribution in [0.2, 0.25) is 5.28 Å². The highest BCUT2D eigenvalue weighted by Gasteiger charge is 2.16. The zero-order valence-electron chi connectivity index (χ0n) is 20.3. The normalized spacial score (nSPS) is 11.3. The second-order valence-electron chi connectivity index (χ2n) is 9.12. The van der Waals surface area contributed by atoms with Crippen molar-refractivity contribution >= 4 is 33.4 Å². The van der Waals surface area contributed by atoms with Gasteiger partial charge in [-0.3, -0.25) is 0 Å². The molecule has 7 rings (SSSR count). The van der Waals surface area contributed by atoms with Crippen molar-refractivity contribution in [1.29, 1.82) is 0 Å². The van der Waals surface area contributed by atoms with Crippen LogP contribution in [-0.4, -0.2) is 19.5 Å². The van der Waals surface area contributed by atoms with E-state index in [2.05, 4.69) is 99.5 Å². The molecule has 0 spiro atoms. The molecule has 0 aliphatic heterocycles. The van der Waals surface area contributed by atoms with E-state index in [0.717, 1.165) is 33.2 Å². The molecule has 0 N–H and O–H groups in total. The Bertz CT molecular complexity index is 1910. The molecule has 0 aliphatic rings. The van der Waals surface area contributed by atoms with Crippen LogP contribution in [0.1, 0.15) is 0 Å². The molecule has 0 fully saturated rings. The van der Waals surface area contributed by atoms with E-state index in [1.165, 1.54) is 16.5 Å². The van der Waals surface area contributed by atoms with Gasteiger partial charge in [0.2, 0.25) is 5.28 Å². The monoisotopic (exact) mass is 508 g/mol. The van der Waals surface area contributed by atoms with E-state index in [0.29, 0.717) is 11.6 Å². The zero-order chi connectivity index (χ0) is 25.5. The lowest BCUT2D eigenvalue weighted by Crippen LogP contribution is -1.98. The van der Waals surface area contributed by atoms with Crippen molar-refractivity contribution in [3.8, 4) is 39.6 Å². The van der Waals surface area contributed by atoms with Gasteiger partial charge in [0, 0.05) is 27.6 Å². The Morgan fingerprint density at radius 2 is 1.05 bits per heavy atom. The summed E-state index contributed by atoms with van der Waals surface area (Å²) in [6.07, 6.45) is 0. The van der Waals surface area contributed by atoms with Crippen LogP contribution < -0.4 is 0 Å². The van der Waals surface area contributed by atoms with E-state index in [4.69, 9.17) is 16.6 Å². The molecule has 0 aliphatic carbocycles. The Morgan fingerprint density at radius 3 is 1.76 bits per heavy atom. The van der Waals surface area contributed by atoms with Crippen molar-refractivity contribution < 1.29 is 0 Å². The zero-order valence-corrected chi connectivity index (χ0v) is 21.0. The van der Waals surface area contributed by atoms with E-state index in [1.807, 2.05) is 42.5 Å². The van der Waals surface area contributed by atoms with Crippen LogP contribution in [0, 0.1) is 0 Å². The molecular weight excluding hydrogens is 488 g/mol. The van der Waals surface area contributed by atoms with Gasteiger partial charge in [-0.2, -0.15) is 9.97 Å².